The van der Waals surface area contributed by atoms with Crippen LogP contribution in [-0.2, 0) is 9.53 Å². The van der Waals surface area contributed by atoms with Crippen molar-refractivity contribution in [2.75, 3.05) is 5.32 Å². The Morgan fingerprint density at radius 1 is 1.11 bits per heavy atom. The van der Waals surface area contributed by atoms with Gasteiger partial charge in [0.1, 0.15) is 28.7 Å². The van der Waals surface area contributed by atoms with Gasteiger partial charge in [-0.1, -0.05) is 6.07 Å². The molecule has 1 heterocycles. The van der Waals surface area contributed by atoms with E-state index < -0.39 is 41.1 Å². The van der Waals surface area contributed by atoms with Gasteiger partial charge in [0.25, 0.3) is 5.91 Å². The molecule has 0 radical (unpaired) electrons. The predicted molar refractivity (Wildman–Crippen MR) is 90.8 cm³/mol. The second kappa shape index (κ2) is 7.14. The number of ether oxygens (including phenoxy) is 1. The summed E-state index contributed by atoms with van der Waals surface area (Å²) in [5.41, 5.74) is -0.00516. The first kappa shape index (κ1) is 18.5. The summed E-state index contributed by atoms with van der Waals surface area (Å²) in [5, 5.41) is 2.43. The van der Waals surface area contributed by atoms with Gasteiger partial charge in [-0.15, -0.1) is 0 Å². The third-order valence-corrected chi connectivity index (χ3v) is 3.95. The summed E-state index contributed by atoms with van der Waals surface area (Å²) in [5.74, 6) is -4.49. The van der Waals surface area contributed by atoms with Gasteiger partial charge in [-0.2, -0.15) is 0 Å². The lowest BCUT2D eigenvalue weighted by molar-refractivity contribution is -0.123. The highest BCUT2D eigenvalue weighted by atomic mass is 19.1. The fourth-order valence-electron chi connectivity index (χ4n) is 2.50. The summed E-state index contributed by atoms with van der Waals surface area (Å²) >= 11 is 0. The van der Waals surface area contributed by atoms with Crippen LogP contribution in [0.25, 0.3) is 11.0 Å². The van der Waals surface area contributed by atoms with Crippen LogP contribution < -0.4 is 5.32 Å². The minimum absolute atomic E-state index is 0.188. The summed E-state index contributed by atoms with van der Waals surface area (Å²) in [6, 6.07) is 6.86. The third-order valence-electron chi connectivity index (χ3n) is 3.95. The summed E-state index contributed by atoms with van der Waals surface area (Å²) in [6.07, 6.45) is -1.36. The van der Waals surface area contributed by atoms with E-state index in [0.29, 0.717) is 10.9 Å². The van der Waals surface area contributed by atoms with E-state index in [1.807, 2.05) is 5.32 Å². The van der Waals surface area contributed by atoms with Crippen LogP contribution in [0.15, 0.2) is 40.8 Å². The number of anilines is 1. The Bertz CT molecular complexity index is 1020. The van der Waals surface area contributed by atoms with E-state index in [9.17, 15) is 22.8 Å². The zero-order chi connectivity index (χ0) is 19.7. The number of hydrogen-bond donors (Lipinski definition) is 1. The SMILES string of the molecule is Cc1c(C(=O)OC(C)C(=O)Nc2c(F)cccc2F)oc2ccc(F)cc12. The molecule has 3 rings (SSSR count). The predicted octanol–water partition coefficient (Wildman–Crippen LogP) is 4.34. The number of nitrogens with one attached hydrogen (secondary N) is 1. The van der Waals surface area contributed by atoms with Gasteiger partial charge in [-0.25, -0.2) is 18.0 Å². The molecular formula is C19H14F3NO4. The topological polar surface area (TPSA) is 68.5 Å². The van der Waals surface area contributed by atoms with Gasteiger partial charge in [0, 0.05) is 10.9 Å². The van der Waals surface area contributed by atoms with Crippen LogP contribution in [0.3, 0.4) is 0 Å². The number of para-hydroxylation sites is 1. The zero-order valence-corrected chi connectivity index (χ0v) is 14.3. The number of rotatable bonds is 4. The number of esters is 1. The van der Waals surface area contributed by atoms with E-state index in [2.05, 4.69) is 0 Å². The van der Waals surface area contributed by atoms with Crippen molar-refractivity contribution in [3.8, 4) is 0 Å². The quantitative estimate of drug-likeness (QED) is 0.687. The number of aryl methyl sites for hydroxylation is 1. The van der Waals surface area contributed by atoms with Crippen LogP contribution in [0, 0.1) is 24.4 Å². The number of amides is 1. The maximum absolute atomic E-state index is 13.6. The van der Waals surface area contributed by atoms with Crippen molar-refractivity contribution in [3.63, 3.8) is 0 Å². The summed E-state index contributed by atoms with van der Waals surface area (Å²) in [7, 11) is 0. The van der Waals surface area contributed by atoms with Crippen molar-refractivity contribution in [3.05, 3.63) is 65.2 Å². The van der Waals surface area contributed by atoms with Crippen molar-refractivity contribution < 1.29 is 31.9 Å². The monoisotopic (exact) mass is 377 g/mol. The van der Waals surface area contributed by atoms with Crippen LogP contribution in [-0.4, -0.2) is 18.0 Å². The smallest absolute Gasteiger partial charge is 0.375 e. The molecule has 0 aliphatic heterocycles. The van der Waals surface area contributed by atoms with Gasteiger partial charge >= 0.3 is 5.97 Å². The zero-order valence-electron chi connectivity index (χ0n) is 14.3. The van der Waals surface area contributed by atoms with Crippen molar-refractivity contribution >= 4 is 28.5 Å². The molecule has 0 saturated heterocycles. The first-order chi connectivity index (χ1) is 12.8. The molecule has 27 heavy (non-hydrogen) atoms. The molecular weight excluding hydrogens is 363 g/mol. The normalized spacial score (nSPS) is 12.0. The van der Waals surface area contributed by atoms with Gasteiger partial charge in [0.2, 0.25) is 5.76 Å². The first-order valence-electron chi connectivity index (χ1n) is 7.92. The molecule has 140 valence electrons. The number of fused-ring (bicyclic) bond motifs is 1. The van der Waals surface area contributed by atoms with E-state index in [4.69, 9.17) is 9.15 Å². The van der Waals surface area contributed by atoms with Crippen molar-refractivity contribution in [1.29, 1.82) is 0 Å². The Morgan fingerprint density at radius 2 is 1.78 bits per heavy atom. The van der Waals surface area contributed by atoms with E-state index in [1.54, 1.807) is 6.92 Å². The molecule has 0 aliphatic carbocycles. The molecule has 1 atom stereocenters. The molecule has 0 fully saturated rings. The van der Waals surface area contributed by atoms with Crippen LogP contribution in [0.5, 0.6) is 0 Å². The minimum Gasteiger partial charge on any atom is -0.449 e. The maximum atomic E-state index is 13.6. The lowest BCUT2D eigenvalue weighted by Crippen LogP contribution is -2.30. The van der Waals surface area contributed by atoms with Crippen LogP contribution in [0.2, 0.25) is 0 Å². The van der Waals surface area contributed by atoms with Crippen molar-refractivity contribution in [1.82, 2.24) is 0 Å². The highest BCUT2D eigenvalue weighted by molar-refractivity contribution is 5.99. The lowest BCUT2D eigenvalue weighted by atomic mass is 10.1. The summed E-state index contributed by atoms with van der Waals surface area (Å²) < 4.78 is 50.9. The molecule has 3 aromatic rings. The summed E-state index contributed by atoms with van der Waals surface area (Å²) in [6.45, 7) is 2.78. The van der Waals surface area contributed by atoms with E-state index in [1.165, 1.54) is 25.1 Å². The lowest BCUT2D eigenvalue weighted by Gasteiger charge is -2.13. The fraction of sp³-hybridized carbons (Fsp3) is 0.158. The number of carbonyl (C=O) groups is 2. The van der Waals surface area contributed by atoms with Crippen molar-refractivity contribution in [2.45, 2.75) is 20.0 Å². The Hall–Kier alpha value is -3.29. The molecule has 1 aromatic heterocycles. The van der Waals surface area contributed by atoms with E-state index in [0.717, 1.165) is 18.2 Å². The Morgan fingerprint density at radius 3 is 2.44 bits per heavy atom. The van der Waals surface area contributed by atoms with Gasteiger partial charge in [0.15, 0.2) is 6.10 Å². The second-order valence-electron chi connectivity index (χ2n) is 5.83. The standard InChI is InChI=1S/C19H14F3NO4/c1-9-12-8-11(20)6-7-15(12)27-17(9)19(25)26-10(2)18(24)23-16-13(21)4-3-5-14(16)22/h3-8,10H,1-2H3,(H,23,24). The molecule has 2 aromatic carbocycles. The van der Waals surface area contributed by atoms with Crippen molar-refractivity contribution in [2.24, 2.45) is 0 Å². The fourth-order valence-corrected chi connectivity index (χ4v) is 2.50. The number of hydrogen-bond acceptors (Lipinski definition) is 4. The average Bonchev–Trinajstić information content (AvgIpc) is 2.94. The number of benzene rings is 2. The van der Waals surface area contributed by atoms with Gasteiger partial charge < -0.3 is 14.5 Å². The molecule has 0 saturated carbocycles. The summed E-state index contributed by atoms with van der Waals surface area (Å²) in [4.78, 5) is 24.4. The molecule has 1 unspecified atom stereocenters. The highest BCUT2D eigenvalue weighted by Gasteiger charge is 2.25. The number of furan rings is 1. The Labute approximate surface area is 151 Å². The molecule has 1 amide bonds. The molecule has 8 heteroatoms. The third kappa shape index (κ3) is 3.64. The molecule has 1 N–H and O–H groups in total. The van der Waals surface area contributed by atoms with Gasteiger partial charge in [0.05, 0.1) is 0 Å². The minimum atomic E-state index is -1.36. The van der Waals surface area contributed by atoms with E-state index >= 15 is 0 Å². The molecule has 0 bridgehead atoms. The Balaban J connectivity index is 1.76. The first-order valence-corrected chi connectivity index (χ1v) is 7.92. The number of halogens is 3. The van der Waals surface area contributed by atoms with Gasteiger partial charge in [-0.3, -0.25) is 4.79 Å². The second-order valence-corrected chi connectivity index (χ2v) is 5.83. The average molecular weight is 377 g/mol. The largest absolute Gasteiger partial charge is 0.449 e. The van der Waals surface area contributed by atoms with Crippen LogP contribution >= 0.6 is 0 Å². The Kier molecular flexibility index (Phi) is 4.89. The number of carbonyl (C=O) groups excluding carboxylic acids is 2. The highest BCUT2D eigenvalue weighted by Crippen LogP contribution is 2.27. The maximum Gasteiger partial charge on any atom is 0.375 e. The van der Waals surface area contributed by atoms with E-state index in [-0.39, 0.29) is 11.3 Å². The molecule has 0 spiro atoms. The molecule has 5 nitrogen and oxygen atoms in total. The molecule has 0 aliphatic rings. The van der Waals surface area contributed by atoms with Crippen LogP contribution in [0.1, 0.15) is 23.0 Å². The van der Waals surface area contributed by atoms with Crippen LogP contribution in [0.4, 0.5) is 18.9 Å². The van der Waals surface area contributed by atoms with Gasteiger partial charge in [-0.05, 0) is 44.2 Å².